The molecule has 13 heteroatoms. The predicted molar refractivity (Wildman–Crippen MR) is 144 cm³/mol. The van der Waals surface area contributed by atoms with Crippen molar-refractivity contribution in [3.05, 3.63) is 54.3 Å². The van der Waals surface area contributed by atoms with E-state index in [1.807, 2.05) is 26.0 Å². The first-order valence-electron chi connectivity index (χ1n) is 13.0. The van der Waals surface area contributed by atoms with Crippen molar-refractivity contribution in [2.75, 3.05) is 13.1 Å². The summed E-state index contributed by atoms with van der Waals surface area (Å²) in [4.78, 5) is 39.3. The summed E-state index contributed by atoms with van der Waals surface area (Å²) < 4.78 is 38.2. The van der Waals surface area contributed by atoms with Crippen LogP contribution in [0.5, 0.6) is 0 Å². The molecule has 3 heterocycles. The number of nitrogens with zero attached hydrogens (tertiary/aromatic N) is 3. The summed E-state index contributed by atoms with van der Waals surface area (Å²) in [6.45, 7) is 3.49. The van der Waals surface area contributed by atoms with E-state index in [9.17, 15) is 22.8 Å². The molecule has 12 nitrogen and oxygen atoms in total. The molecule has 1 fully saturated rings. The Balaban J connectivity index is 1.28. The number of aromatic nitrogens is 2. The average Bonchev–Trinajstić information content (AvgIpc) is 3.53. The van der Waals surface area contributed by atoms with E-state index in [-0.39, 0.29) is 40.6 Å². The van der Waals surface area contributed by atoms with Crippen LogP contribution < -0.4 is 10.6 Å². The zero-order chi connectivity index (χ0) is 28.4. The monoisotopic (exact) mass is 567 g/mol. The maximum Gasteiger partial charge on any atom is 0.287 e. The Labute approximate surface area is 230 Å². The van der Waals surface area contributed by atoms with Crippen LogP contribution >= 0.6 is 0 Å². The molecule has 2 N–H and O–H groups in total. The topological polar surface area (TPSA) is 165 Å². The molecule has 2 aromatic carbocycles. The third kappa shape index (κ3) is 5.61. The van der Waals surface area contributed by atoms with Gasteiger partial charge in [-0.1, -0.05) is 38.1 Å². The maximum absolute atomic E-state index is 13.4. The third-order valence-corrected chi connectivity index (χ3v) is 8.66. The number of para-hydroxylation sites is 1. The van der Waals surface area contributed by atoms with Crippen LogP contribution in [0, 0.1) is 5.92 Å². The largest absolute Gasteiger partial charge is 0.451 e. The third-order valence-electron chi connectivity index (χ3n) is 6.78. The number of carbonyl (C=O) groups excluding carboxylic acids is 3. The summed E-state index contributed by atoms with van der Waals surface area (Å²) in [5, 5.41) is 13.6. The van der Waals surface area contributed by atoms with E-state index in [1.54, 1.807) is 24.3 Å². The Morgan fingerprint density at radius 3 is 2.70 bits per heavy atom. The number of furan rings is 1. The second-order valence-corrected chi connectivity index (χ2v) is 12.1. The van der Waals surface area contributed by atoms with E-state index >= 15 is 0 Å². The highest BCUT2D eigenvalue weighted by atomic mass is 32.2. The highest BCUT2D eigenvalue weighted by molar-refractivity contribution is 7.89. The lowest BCUT2D eigenvalue weighted by molar-refractivity contribution is -0.129. The van der Waals surface area contributed by atoms with E-state index in [0.717, 1.165) is 9.69 Å². The van der Waals surface area contributed by atoms with E-state index in [4.69, 9.17) is 4.42 Å². The molecule has 1 saturated heterocycles. The molecular formula is C27H29N5O7S. The van der Waals surface area contributed by atoms with Crippen molar-refractivity contribution in [1.82, 2.24) is 25.3 Å². The number of sulfonamides is 1. The first-order valence-corrected chi connectivity index (χ1v) is 14.4. The van der Waals surface area contributed by atoms with E-state index in [1.165, 1.54) is 12.1 Å². The number of hydrogen-bond donors (Lipinski definition) is 2. The van der Waals surface area contributed by atoms with Crippen LogP contribution in [0.3, 0.4) is 0 Å². The lowest BCUT2D eigenvalue weighted by atomic mass is 10.0. The van der Waals surface area contributed by atoms with Gasteiger partial charge in [0, 0.05) is 11.9 Å². The standard InChI is InChI=1S/C27H29N5O7S/c1-16(2)13-20(29-27(35)23-14-17-7-3-4-10-22(17)38-23)26(34)28-18-9-6-12-32(15-21(18)33)40(36,37)24-11-5-8-19-25(24)31-39-30-19/h3-5,7-8,10-11,14,16,18,20H,6,9,12-13,15H2,1-2H3,(H,28,34)(H,29,35)/t18?,20-/m0/s1. The summed E-state index contributed by atoms with van der Waals surface area (Å²) in [6, 6.07) is 11.4. The van der Waals surface area contributed by atoms with Gasteiger partial charge in [0.1, 0.15) is 22.0 Å². The number of Topliss-reactive ketones (excluding diaryl/α,β-unsaturated/α-hetero) is 1. The van der Waals surface area contributed by atoms with Crippen molar-refractivity contribution in [2.24, 2.45) is 5.92 Å². The quantitative estimate of drug-likeness (QED) is 0.326. The lowest BCUT2D eigenvalue weighted by Crippen LogP contribution is -2.52. The van der Waals surface area contributed by atoms with Crippen molar-refractivity contribution in [3.63, 3.8) is 0 Å². The molecule has 2 atom stereocenters. The summed E-state index contributed by atoms with van der Waals surface area (Å²) in [5.74, 6) is -1.38. The summed E-state index contributed by atoms with van der Waals surface area (Å²) in [5.41, 5.74) is 0.922. The number of ketones is 1. The molecule has 40 heavy (non-hydrogen) atoms. The number of fused-ring (bicyclic) bond motifs is 2. The van der Waals surface area contributed by atoms with Gasteiger partial charge < -0.3 is 15.1 Å². The minimum absolute atomic E-state index is 0.0610. The van der Waals surface area contributed by atoms with Gasteiger partial charge in [-0.2, -0.15) is 4.31 Å². The predicted octanol–water partition coefficient (Wildman–Crippen LogP) is 2.65. The second-order valence-electron chi connectivity index (χ2n) is 10.2. The van der Waals surface area contributed by atoms with Crippen LogP contribution in [0.2, 0.25) is 0 Å². The molecule has 1 aliphatic heterocycles. The highest BCUT2D eigenvalue weighted by Gasteiger charge is 2.35. The molecule has 0 aliphatic carbocycles. The fourth-order valence-corrected chi connectivity index (χ4v) is 6.36. The molecule has 4 aromatic rings. The molecule has 1 unspecified atom stereocenters. The van der Waals surface area contributed by atoms with Crippen molar-refractivity contribution >= 4 is 49.6 Å². The van der Waals surface area contributed by atoms with Crippen LogP contribution in [0.1, 0.15) is 43.7 Å². The second kappa shape index (κ2) is 11.2. The summed E-state index contributed by atoms with van der Waals surface area (Å²) >= 11 is 0. The molecule has 0 radical (unpaired) electrons. The van der Waals surface area contributed by atoms with Gasteiger partial charge in [-0.15, -0.1) is 0 Å². The molecule has 0 saturated carbocycles. The number of nitrogens with one attached hydrogen (secondary N) is 2. The SMILES string of the molecule is CC(C)C[C@H](NC(=O)c1cc2ccccc2o1)C(=O)NC1CCCN(S(=O)(=O)c2cccc3nonc23)CC1=O. The molecule has 1 aliphatic rings. The van der Waals surface area contributed by atoms with Gasteiger partial charge in [0.2, 0.25) is 15.9 Å². The molecule has 2 amide bonds. The number of hydrogen-bond acceptors (Lipinski definition) is 9. The minimum Gasteiger partial charge on any atom is -0.451 e. The van der Waals surface area contributed by atoms with Crippen LogP contribution in [-0.2, 0) is 19.6 Å². The van der Waals surface area contributed by atoms with Gasteiger partial charge >= 0.3 is 0 Å². The summed E-state index contributed by atoms with van der Waals surface area (Å²) in [6.07, 6.45) is 0.913. The molecule has 5 rings (SSSR count). The van der Waals surface area contributed by atoms with Gasteiger partial charge in [0.25, 0.3) is 5.91 Å². The van der Waals surface area contributed by atoms with E-state index in [2.05, 4.69) is 25.6 Å². The van der Waals surface area contributed by atoms with Crippen molar-refractivity contribution in [2.45, 2.75) is 50.1 Å². The Kier molecular flexibility index (Phi) is 7.68. The van der Waals surface area contributed by atoms with Gasteiger partial charge in [-0.05, 0) is 59.8 Å². The fourth-order valence-electron chi connectivity index (χ4n) is 4.78. The van der Waals surface area contributed by atoms with Crippen LogP contribution in [0.15, 0.2) is 62.5 Å². The molecule has 0 bridgehead atoms. The average molecular weight is 568 g/mol. The molecule has 0 spiro atoms. The number of amides is 2. The molecule has 2 aromatic heterocycles. The zero-order valence-corrected chi connectivity index (χ0v) is 22.8. The highest BCUT2D eigenvalue weighted by Crippen LogP contribution is 2.25. The Morgan fingerprint density at radius 2 is 1.93 bits per heavy atom. The van der Waals surface area contributed by atoms with Crippen LogP contribution in [0.4, 0.5) is 0 Å². The van der Waals surface area contributed by atoms with Gasteiger partial charge in [-0.3, -0.25) is 14.4 Å². The van der Waals surface area contributed by atoms with Gasteiger partial charge in [0.15, 0.2) is 17.1 Å². The van der Waals surface area contributed by atoms with E-state index in [0.29, 0.717) is 18.4 Å². The molecule has 210 valence electrons. The number of benzene rings is 2. The van der Waals surface area contributed by atoms with Crippen LogP contribution in [-0.4, -0.2) is 65.8 Å². The zero-order valence-electron chi connectivity index (χ0n) is 22.0. The lowest BCUT2D eigenvalue weighted by Gasteiger charge is -2.23. The van der Waals surface area contributed by atoms with Crippen molar-refractivity contribution in [1.29, 1.82) is 0 Å². The Hall–Kier alpha value is -4.10. The van der Waals surface area contributed by atoms with Gasteiger partial charge in [-0.25, -0.2) is 13.0 Å². The minimum atomic E-state index is -4.09. The van der Waals surface area contributed by atoms with E-state index < -0.39 is 46.2 Å². The first kappa shape index (κ1) is 27.5. The number of rotatable bonds is 8. The maximum atomic E-state index is 13.4. The molecular weight excluding hydrogens is 538 g/mol. The Morgan fingerprint density at radius 1 is 1.12 bits per heavy atom. The number of carbonyl (C=O) groups is 3. The fraction of sp³-hybridized carbons (Fsp3) is 0.370. The normalized spacial score (nSPS) is 17.7. The first-order chi connectivity index (χ1) is 19.1. The van der Waals surface area contributed by atoms with Crippen LogP contribution in [0.25, 0.3) is 22.0 Å². The Bertz CT molecular complexity index is 1640. The van der Waals surface area contributed by atoms with Gasteiger partial charge in [0.05, 0.1) is 12.6 Å². The van der Waals surface area contributed by atoms with Crippen molar-refractivity contribution in [3.8, 4) is 0 Å². The summed E-state index contributed by atoms with van der Waals surface area (Å²) in [7, 11) is -4.09. The van der Waals surface area contributed by atoms with Crippen molar-refractivity contribution < 1.29 is 31.8 Å². The smallest absolute Gasteiger partial charge is 0.287 e.